The van der Waals surface area contributed by atoms with E-state index in [1.165, 1.54) is 5.69 Å². The molecule has 118 valence electrons. The molecule has 1 fully saturated rings. The molecule has 2 N–H and O–H groups in total. The van der Waals surface area contributed by atoms with E-state index in [1.807, 2.05) is 12.3 Å². The normalized spacial score (nSPS) is 17.6. The van der Waals surface area contributed by atoms with Crippen LogP contribution in [0.15, 0.2) is 18.3 Å². The minimum absolute atomic E-state index is 0.257. The van der Waals surface area contributed by atoms with Gasteiger partial charge in [-0.1, -0.05) is 6.92 Å². The molecule has 1 aliphatic heterocycles. The molecule has 21 heavy (non-hydrogen) atoms. The molecule has 1 aliphatic rings. The van der Waals surface area contributed by atoms with Gasteiger partial charge in [-0.3, -0.25) is 14.8 Å². The Morgan fingerprint density at radius 1 is 1.24 bits per heavy atom. The maximum Gasteiger partial charge on any atom is 0.0564 e. The number of nitrogens with zero attached hydrogens (tertiary/aromatic N) is 3. The monoisotopic (exact) mass is 292 g/mol. The number of rotatable bonds is 7. The number of hydrogen-bond acceptors (Lipinski definition) is 5. The summed E-state index contributed by atoms with van der Waals surface area (Å²) < 4.78 is 0. The highest BCUT2D eigenvalue weighted by molar-refractivity contribution is 5.43. The van der Waals surface area contributed by atoms with Gasteiger partial charge in [0.05, 0.1) is 12.3 Å². The molecule has 0 aromatic carbocycles. The molecule has 0 aliphatic carbocycles. The summed E-state index contributed by atoms with van der Waals surface area (Å²) in [5.41, 5.74) is 2.30. The molecule has 5 nitrogen and oxygen atoms in total. The van der Waals surface area contributed by atoms with Crippen LogP contribution in [0.3, 0.4) is 0 Å². The molecule has 1 saturated heterocycles. The first kappa shape index (κ1) is 16.2. The Bertz CT molecular complexity index is 413. The highest BCUT2D eigenvalue weighted by atomic mass is 16.3. The zero-order valence-electron chi connectivity index (χ0n) is 13.1. The number of aliphatic hydroxyl groups is 1. The fraction of sp³-hybridized carbons (Fsp3) is 0.688. The molecular weight excluding hydrogens is 264 g/mol. The van der Waals surface area contributed by atoms with E-state index in [0.717, 1.165) is 64.3 Å². The van der Waals surface area contributed by atoms with Gasteiger partial charge in [-0.25, -0.2) is 0 Å². The smallest absolute Gasteiger partial charge is 0.0564 e. The van der Waals surface area contributed by atoms with Crippen LogP contribution in [0.25, 0.3) is 0 Å². The lowest BCUT2D eigenvalue weighted by Gasteiger charge is -2.21. The minimum atomic E-state index is 0.257. The van der Waals surface area contributed by atoms with Gasteiger partial charge in [0.1, 0.15) is 0 Å². The SMILES string of the molecule is CCCNc1ccnc(CN2CCCN(CCO)CC2)c1. The number of hydrogen-bond donors (Lipinski definition) is 2. The number of nitrogens with one attached hydrogen (secondary N) is 1. The standard InChI is InChI=1S/C16H28N4O/c1-2-5-17-15-4-6-18-16(13-15)14-20-8-3-7-19(9-10-20)11-12-21/h4,6,13,21H,2-3,5,7-12,14H2,1H3,(H,17,18). The van der Waals surface area contributed by atoms with Crippen LogP contribution in [0.2, 0.25) is 0 Å². The van der Waals surface area contributed by atoms with Crippen LogP contribution in [-0.2, 0) is 6.54 Å². The first-order valence-corrected chi connectivity index (χ1v) is 8.06. The predicted molar refractivity (Wildman–Crippen MR) is 86.4 cm³/mol. The maximum atomic E-state index is 9.04. The lowest BCUT2D eigenvalue weighted by Crippen LogP contribution is -2.32. The van der Waals surface area contributed by atoms with Gasteiger partial charge >= 0.3 is 0 Å². The Labute approximate surface area is 128 Å². The molecular formula is C16H28N4O. The van der Waals surface area contributed by atoms with E-state index < -0.39 is 0 Å². The van der Waals surface area contributed by atoms with Crippen LogP contribution in [0.5, 0.6) is 0 Å². The lowest BCUT2D eigenvalue weighted by atomic mass is 10.2. The third-order valence-corrected chi connectivity index (χ3v) is 3.88. The summed E-state index contributed by atoms with van der Waals surface area (Å²) in [5, 5.41) is 12.5. The first-order chi connectivity index (χ1) is 10.3. The van der Waals surface area contributed by atoms with Crippen LogP contribution >= 0.6 is 0 Å². The summed E-state index contributed by atoms with van der Waals surface area (Å²) in [7, 11) is 0. The van der Waals surface area contributed by atoms with Gasteiger partial charge in [0.2, 0.25) is 0 Å². The van der Waals surface area contributed by atoms with E-state index in [4.69, 9.17) is 5.11 Å². The summed E-state index contributed by atoms with van der Waals surface area (Å²) in [5.74, 6) is 0. The number of anilines is 1. The summed E-state index contributed by atoms with van der Waals surface area (Å²) >= 11 is 0. The van der Waals surface area contributed by atoms with Crippen molar-refractivity contribution in [3.8, 4) is 0 Å². The summed E-state index contributed by atoms with van der Waals surface area (Å²) in [6, 6.07) is 4.19. The van der Waals surface area contributed by atoms with Crippen molar-refractivity contribution < 1.29 is 5.11 Å². The Morgan fingerprint density at radius 2 is 2.05 bits per heavy atom. The van der Waals surface area contributed by atoms with E-state index >= 15 is 0 Å². The van der Waals surface area contributed by atoms with Crippen molar-refractivity contribution in [3.63, 3.8) is 0 Å². The zero-order valence-corrected chi connectivity index (χ0v) is 13.1. The van der Waals surface area contributed by atoms with Crippen molar-refractivity contribution in [2.75, 3.05) is 51.2 Å². The second kappa shape index (κ2) is 8.97. The molecule has 5 heteroatoms. The molecule has 2 heterocycles. The molecule has 1 aromatic heterocycles. The highest BCUT2D eigenvalue weighted by Crippen LogP contribution is 2.12. The van der Waals surface area contributed by atoms with Crippen molar-refractivity contribution in [1.29, 1.82) is 0 Å². The molecule has 0 bridgehead atoms. The quantitative estimate of drug-likeness (QED) is 0.796. The molecule has 0 spiro atoms. The second-order valence-electron chi connectivity index (χ2n) is 5.66. The van der Waals surface area contributed by atoms with Gasteiger partial charge in [-0.05, 0) is 38.1 Å². The van der Waals surface area contributed by atoms with Gasteiger partial charge in [-0.2, -0.15) is 0 Å². The van der Waals surface area contributed by atoms with Crippen molar-refractivity contribution in [2.24, 2.45) is 0 Å². The molecule has 0 saturated carbocycles. The van der Waals surface area contributed by atoms with Gasteiger partial charge in [0.15, 0.2) is 0 Å². The van der Waals surface area contributed by atoms with Crippen molar-refractivity contribution in [3.05, 3.63) is 24.0 Å². The van der Waals surface area contributed by atoms with Crippen molar-refractivity contribution in [1.82, 2.24) is 14.8 Å². The van der Waals surface area contributed by atoms with Gasteiger partial charge in [-0.15, -0.1) is 0 Å². The Kier molecular flexibility index (Phi) is 6.92. The number of aliphatic hydroxyl groups excluding tert-OH is 1. The van der Waals surface area contributed by atoms with Crippen molar-refractivity contribution >= 4 is 5.69 Å². The predicted octanol–water partition coefficient (Wildman–Crippen LogP) is 1.40. The van der Waals surface area contributed by atoms with E-state index in [9.17, 15) is 0 Å². The van der Waals surface area contributed by atoms with Gasteiger partial charge in [0, 0.05) is 44.6 Å². The van der Waals surface area contributed by atoms with Crippen LogP contribution in [0, 0.1) is 0 Å². The number of β-amino-alcohol motifs (C(OH)–C–C–N with tert-alkyl or cyclic N) is 1. The van der Waals surface area contributed by atoms with Gasteiger partial charge in [0.25, 0.3) is 0 Å². The zero-order chi connectivity index (χ0) is 14.9. The maximum absolute atomic E-state index is 9.04. The molecule has 0 unspecified atom stereocenters. The largest absolute Gasteiger partial charge is 0.395 e. The van der Waals surface area contributed by atoms with Gasteiger partial charge < -0.3 is 10.4 Å². The average molecular weight is 292 g/mol. The van der Waals surface area contributed by atoms with Crippen LogP contribution < -0.4 is 5.32 Å². The highest BCUT2D eigenvalue weighted by Gasteiger charge is 2.14. The van der Waals surface area contributed by atoms with E-state index in [2.05, 4.69) is 33.1 Å². The van der Waals surface area contributed by atoms with E-state index in [1.54, 1.807) is 0 Å². The van der Waals surface area contributed by atoms with Crippen molar-refractivity contribution in [2.45, 2.75) is 26.3 Å². The number of pyridine rings is 1. The number of aromatic nitrogens is 1. The summed E-state index contributed by atoms with van der Waals surface area (Å²) in [4.78, 5) is 9.29. The lowest BCUT2D eigenvalue weighted by molar-refractivity contribution is 0.195. The fourth-order valence-electron chi connectivity index (χ4n) is 2.72. The Morgan fingerprint density at radius 3 is 2.86 bits per heavy atom. The topological polar surface area (TPSA) is 51.6 Å². The summed E-state index contributed by atoms with van der Waals surface area (Å²) in [6.45, 7) is 9.42. The fourth-order valence-corrected chi connectivity index (χ4v) is 2.72. The summed E-state index contributed by atoms with van der Waals surface area (Å²) in [6.07, 6.45) is 4.18. The van der Waals surface area contributed by atoms with Crippen LogP contribution in [-0.4, -0.2) is 65.8 Å². The third kappa shape index (κ3) is 5.61. The Balaban J connectivity index is 1.86. The molecule has 0 amide bonds. The minimum Gasteiger partial charge on any atom is -0.395 e. The second-order valence-corrected chi connectivity index (χ2v) is 5.66. The van der Waals surface area contributed by atoms with Crippen LogP contribution in [0.1, 0.15) is 25.5 Å². The average Bonchev–Trinajstić information content (AvgIpc) is 2.72. The molecule has 0 radical (unpaired) electrons. The molecule has 0 atom stereocenters. The first-order valence-electron chi connectivity index (χ1n) is 8.06. The Hall–Kier alpha value is -1.17. The van der Waals surface area contributed by atoms with E-state index in [-0.39, 0.29) is 6.61 Å². The molecule has 2 rings (SSSR count). The molecule has 1 aromatic rings. The third-order valence-electron chi connectivity index (χ3n) is 3.88. The van der Waals surface area contributed by atoms with E-state index in [0.29, 0.717) is 0 Å². The van der Waals surface area contributed by atoms with Crippen LogP contribution in [0.4, 0.5) is 5.69 Å².